The van der Waals surface area contributed by atoms with Gasteiger partial charge in [0.15, 0.2) is 0 Å². The monoisotopic (exact) mass is 196 g/mol. The number of nitrogens with one attached hydrogen (secondary N) is 1. The van der Waals surface area contributed by atoms with Gasteiger partial charge in [0.25, 0.3) is 0 Å². The lowest BCUT2D eigenvalue weighted by Gasteiger charge is -2.09. The van der Waals surface area contributed by atoms with Crippen molar-refractivity contribution in [1.82, 2.24) is 4.98 Å². The van der Waals surface area contributed by atoms with Crippen LogP contribution in [0.4, 0.5) is 5.69 Å². The van der Waals surface area contributed by atoms with Crippen molar-refractivity contribution in [2.24, 2.45) is 5.92 Å². The van der Waals surface area contributed by atoms with Gasteiger partial charge in [0.1, 0.15) is 0 Å². The minimum atomic E-state index is 0.285. The molecule has 1 atom stereocenters. The Hall–Kier alpha value is -0.760. The summed E-state index contributed by atoms with van der Waals surface area (Å²) in [5.74, 6) is 0.746. The second-order valence-corrected chi connectivity index (χ2v) is 4.03. The van der Waals surface area contributed by atoms with Crippen molar-refractivity contribution in [2.75, 3.05) is 11.9 Å². The third-order valence-corrected chi connectivity index (χ3v) is 2.83. The van der Waals surface area contributed by atoms with Crippen molar-refractivity contribution in [3.05, 3.63) is 24.5 Å². The maximum absolute atomic E-state index is 6.15. The number of anilines is 1. The van der Waals surface area contributed by atoms with Crippen LogP contribution in [-0.2, 0) is 0 Å². The molecule has 0 bridgehead atoms. The molecule has 1 aromatic rings. The van der Waals surface area contributed by atoms with Crippen molar-refractivity contribution in [3.8, 4) is 0 Å². The van der Waals surface area contributed by atoms with Gasteiger partial charge in [-0.2, -0.15) is 0 Å². The van der Waals surface area contributed by atoms with E-state index in [1.54, 1.807) is 12.4 Å². The van der Waals surface area contributed by atoms with Crippen LogP contribution in [0.25, 0.3) is 0 Å². The Morgan fingerprint density at radius 3 is 2.77 bits per heavy atom. The molecule has 1 saturated carbocycles. The second kappa shape index (κ2) is 3.97. The Labute approximate surface area is 83.3 Å². The predicted octanol–water partition coefficient (Wildman–Crippen LogP) is 2.51. The smallest absolute Gasteiger partial charge is 0.0536 e. The number of rotatable bonds is 4. The van der Waals surface area contributed by atoms with Crippen LogP contribution in [0.1, 0.15) is 12.8 Å². The van der Waals surface area contributed by atoms with E-state index in [4.69, 9.17) is 11.6 Å². The quantitative estimate of drug-likeness (QED) is 0.749. The molecule has 70 valence electrons. The average Bonchev–Trinajstić information content (AvgIpc) is 2.99. The Morgan fingerprint density at radius 2 is 2.15 bits per heavy atom. The fourth-order valence-electron chi connectivity index (χ4n) is 1.31. The zero-order valence-corrected chi connectivity index (χ0v) is 8.17. The first-order valence-corrected chi connectivity index (χ1v) is 5.08. The topological polar surface area (TPSA) is 24.9 Å². The van der Waals surface area contributed by atoms with E-state index in [-0.39, 0.29) is 5.38 Å². The number of hydrogen-bond donors (Lipinski definition) is 1. The first-order valence-electron chi connectivity index (χ1n) is 4.64. The minimum Gasteiger partial charge on any atom is -0.383 e. The van der Waals surface area contributed by atoms with E-state index < -0.39 is 0 Å². The molecular weight excluding hydrogens is 184 g/mol. The van der Waals surface area contributed by atoms with Gasteiger partial charge in [-0.05, 0) is 30.9 Å². The lowest BCUT2D eigenvalue weighted by atomic mass is 10.3. The summed E-state index contributed by atoms with van der Waals surface area (Å²) < 4.78 is 0. The van der Waals surface area contributed by atoms with E-state index in [1.165, 1.54) is 12.8 Å². The van der Waals surface area contributed by atoms with E-state index in [2.05, 4.69) is 10.3 Å². The van der Waals surface area contributed by atoms with Crippen LogP contribution in [0, 0.1) is 5.92 Å². The molecule has 0 aromatic carbocycles. The molecular formula is C10H13ClN2. The molecule has 0 amide bonds. The number of aromatic nitrogens is 1. The molecule has 1 aliphatic carbocycles. The maximum Gasteiger partial charge on any atom is 0.0536 e. The first kappa shape index (κ1) is 8.82. The SMILES string of the molecule is ClC(CNc1ccncc1)C1CC1. The molecule has 0 saturated heterocycles. The van der Waals surface area contributed by atoms with Gasteiger partial charge in [-0.1, -0.05) is 0 Å². The fourth-order valence-corrected chi connectivity index (χ4v) is 1.64. The predicted molar refractivity (Wildman–Crippen MR) is 55.1 cm³/mol. The minimum absolute atomic E-state index is 0.285. The molecule has 1 aliphatic rings. The van der Waals surface area contributed by atoms with E-state index >= 15 is 0 Å². The maximum atomic E-state index is 6.15. The van der Waals surface area contributed by atoms with Crippen LogP contribution in [0.5, 0.6) is 0 Å². The largest absolute Gasteiger partial charge is 0.383 e. The zero-order valence-electron chi connectivity index (χ0n) is 7.41. The molecule has 1 unspecified atom stereocenters. The number of alkyl halides is 1. The van der Waals surface area contributed by atoms with Crippen molar-refractivity contribution < 1.29 is 0 Å². The van der Waals surface area contributed by atoms with Crippen LogP contribution < -0.4 is 5.32 Å². The number of nitrogens with zero attached hydrogens (tertiary/aromatic N) is 1. The van der Waals surface area contributed by atoms with Crippen LogP contribution in [0.3, 0.4) is 0 Å². The summed E-state index contributed by atoms with van der Waals surface area (Å²) in [5, 5.41) is 3.58. The Kier molecular flexibility index (Phi) is 2.69. The van der Waals surface area contributed by atoms with Crippen molar-refractivity contribution in [1.29, 1.82) is 0 Å². The van der Waals surface area contributed by atoms with Crippen LogP contribution >= 0.6 is 11.6 Å². The van der Waals surface area contributed by atoms with E-state index in [0.29, 0.717) is 0 Å². The van der Waals surface area contributed by atoms with Crippen molar-refractivity contribution in [2.45, 2.75) is 18.2 Å². The van der Waals surface area contributed by atoms with Gasteiger partial charge in [0.05, 0.1) is 5.38 Å². The fraction of sp³-hybridized carbons (Fsp3) is 0.500. The van der Waals surface area contributed by atoms with E-state index in [1.807, 2.05) is 12.1 Å². The highest BCUT2D eigenvalue weighted by Crippen LogP contribution is 2.35. The summed E-state index contributed by atoms with van der Waals surface area (Å²) in [5.41, 5.74) is 1.10. The van der Waals surface area contributed by atoms with Gasteiger partial charge in [-0.15, -0.1) is 11.6 Å². The molecule has 0 spiro atoms. The highest BCUT2D eigenvalue weighted by molar-refractivity contribution is 6.21. The normalized spacial score (nSPS) is 18.2. The van der Waals surface area contributed by atoms with Crippen LogP contribution in [0.15, 0.2) is 24.5 Å². The van der Waals surface area contributed by atoms with Gasteiger partial charge in [0, 0.05) is 24.6 Å². The summed E-state index contributed by atoms with van der Waals surface area (Å²) in [7, 11) is 0. The third-order valence-electron chi connectivity index (χ3n) is 2.32. The van der Waals surface area contributed by atoms with E-state index in [0.717, 1.165) is 18.2 Å². The number of hydrogen-bond acceptors (Lipinski definition) is 2. The highest BCUT2D eigenvalue weighted by Gasteiger charge is 2.29. The van der Waals surface area contributed by atoms with Crippen molar-refractivity contribution >= 4 is 17.3 Å². The summed E-state index contributed by atoms with van der Waals surface area (Å²) in [6.07, 6.45) is 6.16. The first-order chi connectivity index (χ1) is 6.36. The van der Waals surface area contributed by atoms with Gasteiger partial charge in [-0.3, -0.25) is 4.98 Å². The molecule has 0 radical (unpaired) electrons. The Balaban J connectivity index is 1.78. The summed E-state index contributed by atoms with van der Waals surface area (Å²) >= 11 is 6.15. The van der Waals surface area contributed by atoms with Gasteiger partial charge < -0.3 is 5.32 Å². The van der Waals surface area contributed by atoms with Gasteiger partial charge in [0.2, 0.25) is 0 Å². The van der Waals surface area contributed by atoms with Gasteiger partial charge in [-0.25, -0.2) is 0 Å². The van der Waals surface area contributed by atoms with Crippen LogP contribution in [0.2, 0.25) is 0 Å². The summed E-state index contributed by atoms with van der Waals surface area (Å²) in [6.45, 7) is 0.857. The molecule has 1 aromatic heterocycles. The summed E-state index contributed by atoms with van der Waals surface area (Å²) in [6, 6.07) is 3.91. The average molecular weight is 197 g/mol. The summed E-state index contributed by atoms with van der Waals surface area (Å²) in [4.78, 5) is 3.95. The van der Waals surface area contributed by atoms with Crippen LogP contribution in [-0.4, -0.2) is 16.9 Å². The standard InChI is InChI=1S/C10H13ClN2/c11-10(8-1-2-8)7-13-9-3-5-12-6-4-9/h3-6,8,10H,1-2,7H2,(H,12,13). The van der Waals surface area contributed by atoms with Gasteiger partial charge >= 0.3 is 0 Å². The molecule has 2 nitrogen and oxygen atoms in total. The number of halogens is 1. The molecule has 13 heavy (non-hydrogen) atoms. The molecule has 1 fully saturated rings. The lowest BCUT2D eigenvalue weighted by molar-refractivity contribution is 0.770. The molecule has 1 N–H and O–H groups in total. The Bertz CT molecular complexity index is 259. The molecule has 3 heteroatoms. The molecule has 2 rings (SSSR count). The van der Waals surface area contributed by atoms with E-state index in [9.17, 15) is 0 Å². The molecule has 0 aliphatic heterocycles. The highest BCUT2D eigenvalue weighted by atomic mass is 35.5. The Morgan fingerprint density at radius 1 is 1.46 bits per heavy atom. The van der Waals surface area contributed by atoms with Crippen molar-refractivity contribution in [3.63, 3.8) is 0 Å². The lowest BCUT2D eigenvalue weighted by Crippen LogP contribution is -2.15. The second-order valence-electron chi connectivity index (χ2n) is 3.47. The molecule has 1 heterocycles. The zero-order chi connectivity index (χ0) is 9.10. The number of pyridine rings is 1. The third kappa shape index (κ3) is 2.59.